The van der Waals surface area contributed by atoms with E-state index >= 15 is 0 Å². The predicted molar refractivity (Wildman–Crippen MR) is 79.9 cm³/mol. The molecule has 2 aliphatic rings. The van der Waals surface area contributed by atoms with Crippen LogP contribution < -0.4 is 0 Å². The van der Waals surface area contributed by atoms with Crippen molar-refractivity contribution in [2.24, 2.45) is 0 Å². The zero-order valence-electron chi connectivity index (χ0n) is 12.4. The Morgan fingerprint density at radius 2 is 1.72 bits per heavy atom. The van der Waals surface area contributed by atoms with E-state index in [4.69, 9.17) is 0 Å². The van der Waals surface area contributed by atoms with E-state index in [0.29, 0.717) is 0 Å². The minimum absolute atomic E-state index is 0.868. The van der Waals surface area contributed by atoms with Crippen LogP contribution >= 0.6 is 0 Å². The fourth-order valence-electron chi connectivity index (χ4n) is 3.96. The maximum absolute atomic E-state index is 2.90. The van der Waals surface area contributed by atoms with E-state index < -0.39 is 0 Å². The van der Waals surface area contributed by atoms with E-state index in [1.807, 2.05) is 0 Å². The summed E-state index contributed by atoms with van der Waals surface area (Å²) >= 11 is 0. The van der Waals surface area contributed by atoms with Crippen molar-refractivity contribution in [3.63, 3.8) is 0 Å². The molecule has 0 saturated carbocycles. The van der Waals surface area contributed by atoms with Crippen molar-refractivity contribution in [2.75, 3.05) is 0 Å². The third-order valence-corrected chi connectivity index (χ3v) is 4.85. The Bertz CT molecular complexity index is 256. The highest BCUT2D eigenvalue weighted by atomic mass is 15.3. The first-order valence-electron chi connectivity index (χ1n) is 8.29. The van der Waals surface area contributed by atoms with Crippen molar-refractivity contribution in [1.29, 1.82) is 0 Å². The molecule has 104 valence electrons. The summed E-state index contributed by atoms with van der Waals surface area (Å²) in [6.07, 6.45) is 18.8. The van der Waals surface area contributed by atoms with Crippen molar-refractivity contribution >= 4 is 0 Å². The summed E-state index contributed by atoms with van der Waals surface area (Å²) < 4.78 is 0. The molecular formula is C17H31N. The van der Waals surface area contributed by atoms with Crippen molar-refractivity contribution in [3.8, 4) is 0 Å². The lowest BCUT2D eigenvalue weighted by Gasteiger charge is -2.30. The second kappa shape index (κ2) is 7.33. The third-order valence-electron chi connectivity index (χ3n) is 4.85. The van der Waals surface area contributed by atoms with Crippen LogP contribution in [0.1, 0.15) is 78.1 Å². The SMILES string of the molecule is CCCC/C=C/C[C@H]1CC[C@@H]2CC[C@H](CCC)N21. The van der Waals surface area contributed by atoms with Gasteiger partial charge in [-0.15, -0.1) is 0 Å². The molecular weight excluding hydrogens is 218 g/mol. The lowest BCUT2D eigenvalue weighted by molar-refractivity contribution is 0.173. The summed E-state index contributed by atoms with van der Waals surface area (Å²) in [7, 11) is 0. The van der Waals surface area contributed by atoms with Crippen LogP contribution in [0.15, 0.2) is 12.2 Å². The second-order valence-electron chi connectivity index (χ2n) is 6.20. The summed E-state index contributed by atoms with van der Waals surface area (Å²) in [5, 5.41) is 0. The molecule has 0 spiro atoms. The van der Waals surface area contributed by atoms with Crippen molar-refractivity contribution in [1.82, 2.24) is 4.90 Å². The van der Waals surface area contributed by atoms with Gasteiger partial charge in [-0.3, -0.25) is 4.90 Å². The number of hydrogen-bond donors (Lipinski definition) is 0. The van der Waals surface area contributed by atoms with Gasteiger partial charge in [0.2, 0.25) is 0 Å². The first-order chi connectivity index (χ1) is 8.86. The van der Waals surface area contributed by atoms with Gasteiger partial charge in [0.05, 0.1) is 0 Å². The lowest BCUT2D eigenvalue weighted by Crippen LogP contribution is -2.37. The minimum Gasteiger partial charge on any atom is -0.294 e. The molecule has 2 saturated heterocycles. The Labute approximate surface area is 114 Å². The summed E-state index contributed by atoms with van der Waals surface area (Å²) in [4.78, 5) is 2.90. The fraction of sp³-hybridized carbons (Fsp3) is 0.882. The van der Waals surface area contributed by atoms with Gasteiger partial charge in [0, 0.05) is 18.1 Å². The van der Waals surface area contributed by atoms with Crippen LogP contribution in [-0.4, -0.2) is 23.0 Å². The Balaban J connectivity index is 1.79. The molecule has 1 nitrogen and oxygen atoms in total. The van der Waals surface area contributed by atoms with E-state index in [1.54, 1.807) is 0 Å². The van der Waals surface area contributed by atoms with Gasteiger partial charge in [0.25, 0.3) is 0 Å². The highest BCUT2D eigenvalue weighted by Gasteiger charge is 2.41. The van der Waals surface area contributed by atoms with Crippen molar-refractivity contribution < 1.29 is 0 Å². The van der Waals surface area contributed by atoms with Crippen LogP contribution in [0, 0.1) is 0 Å². The molecule has 2 heterocycles. The van der Waals surface area contributed by atoms with Crippen molar-refractivity contribution in [2.45, 2.75) is 96.2 Å². The quantitative estimate of drug-likeness (QED) is 0.457. The maximum Gasteiger partial charge on any atom is 0.0136 e. The molecule has 1 heteroatoms. The molecule has 0 amide bonds. The average Bonchev–Trinajstić information content (AvgIpc) is 2.94. The first kappa shape index (κ1) is 14.1. The van der Waals surface area contributed by atoms with Gasteiger partial charge in [-0.2, -0.15) is 0 Å². The Kier molecular flexibility index (Phi) is 5.75. The number of nitrogens with zero attached hydrogens (tertiary/aromatic N) is 1. The molecule has 2 aliphatic heterocycles. The molecule has 0 unspecified atom stereocenters. The number of allylic oxidation sites excluding steroid dienone is 1. The molecule has 0 radical (unpaired) electrons. The topological polar surface area (TPSA) is 3.24 Å². The molecule has 0 N–H and O–H groups in total. The van der Waals surface area contributed by atoms with E-state index in [-0.39, 0.29) is 0 Å². The number of fused-ring (bicyclic) bond motifs is 1. The lowest BCUT2D eigenvalue weighted by atomic mass is 10.0. The van der Waals surface area contributed by atoms with Crippen LogP contribution in [0.4, 0.5) is 0 Å². The van der Waals surface area contributed by atoms with Gasteiger partial charge in [-0.1, -0.05) is 45.3 Å². The first-order valence-corrected chi connectivity index (χ1v) is 8.29. The summed E-state index contributed by atoms with van der Waals surface area (Å²) in [6.45, 7) is 4.61. The number of hydrogen-bond acceptors (Lipinski definition) is 1. The van der Waals surface area contributed by atoms with Crippen LogP contribution in [0.5, 0.6) is 0 Å². The normalized spacial score (nSPS) is 32.4. The zero-order valence-corrected chi connectivity index (χ0v) is 12.4. The standard InChI is InChI=1S/C17H31N/c1-3-5-6-7-8-10-16-12-14-17-13-11-15(9-4-2)18(16)17/h7-8,15-17H,3-6,9-14H2,1-2H3/b8-7+/t15-,16-,17-/m0/s1. The molecule has 0 aromatic carbocycles. The molecule has 0 bridgehead atoms. The summed E-state index contributed by atoms with van der Waals surface area (Å²) in [5.41, 5.74) is 0. The van der Waals surface area contributed by atoms with E-state index in [2.05, 4.69) is 30.9 Å². The van der Waals surface area contributed by atoms with Crippen molar-refractivity contribution in [3.05, 3.63) is 12.2 Å². The molecule has 3 atom stereocenters. The molecule has 0 aromatic rings. The minimum atomic E-state index is 0.868. The van der Waals surface area contributed by atoms with E-state index in [0.717, 1.165) is 18.1 Å². The summed E-state index contributed by atoms with van der Waals surface area (Å²) in [6, 6.07) is 2.72. The van der Waals surface area contributed by atoms with Crippen LogP contribution in [-0.2, 0) is 0 Å². The highest BCUT2D eigenvalue weighted by Crippen LogP contribution is 2.39. The zero-order chi connectivity index (χ0) is 12.8. The average molecular weight is 249 g/mol. The van der Waals surface area contributed by atoms with Gasteiger partial charge in [0.15, 0.2) is 0 Å². The molecule has 0 aliphatic carbocycles. The van der Waals surface area contributed by atoms with Gasteiger partial charge in [0.1, 0.15) is 0 Å². The number of unbranched alkanes of at least 4 members (excludes halogenated alkanes) is 2. The maximum atomic E-state index is 2.90. The van der Waals surface area contributed by atoms with E-state index in [9.17, 15) is 0 Å². The highest BCUT2D eigenvalue weighted by molar-refractivity contribution is 5.00. The van der Waals surface area contributed by atoms with Crippen LogP contribution in [0.2, 0.25) is 0 Å². The molecule has 2 rings (SSSR count). The molecule has 18 heavy (non-hydrogen) atoms. The summed E-state index contributed by atoms with van der Waals surface area (Å²) in [5.74, 6) is 0. The Morgan fingerprint density at radius 1 is 0.944 bits per heavy atom. The Morgan fingerprint density at radius 3 is 2.44 bits per heavy atom. The molecule has 0 aromatic heterocycles. The van der Waals surface area contributed by atoms with Crippen LogP contribution in [0.3, 0.4) is 0 Å². The van der Waals surface area contributed by atoms with E-state index in [1.165, 1.54) is 64.2 Å². The Hall–Kier alpha value is -0.300. The monoisotopic (exact) mass is 249 g/mol. The van der Waals surface area contributed by atoms with Gasteiger partial charge < -0.3 is 0 Å². The second-order valence-corrected chi connectivity index (χ2v) is 6.20. The molecule has 2 fully saturated rings. The van der Waals surface area contributed by atoms with Gasteiger partial charge >= 0.3 is 0 Å². The third kappa shape index (κ3) is 3.38. The fourth-order valence-corrected chi connectivity index (χ4v) is 3.96. The number of rotatable bonds is 7. The largest absolute Gasteiger partial charge is 0.294 e. The predicted octanol–water partition coefficient (Wildman–Crippen LogP) is 4.92. The van der Waals surface area contributed by atoms with Gasteiger partial charge in [-0.25, -0.2) is 0 Å². The smallest absolute Gasteiger partial charge is 0.0136 e. The van der Waals surface area contributed by atoms with Crippen LogP contribution in [0.25, 0.3) is 0 Å². The van der Waals surface area contributed by atoms with Gasteiger partial charge in [-0.05, 0) is 44.9 Å².